The number of hydrogen-bond donors (Lipinski definition) is 0. The molecule has 1 fully saturated rings. The molecule has 2 aliphatic rings. The molecule has 1 atom stereocenters. The fourth-order valence-electron chi connectivity index (χ4n) is 3.17. The molecule has 1 unspecified atom stereocenters. The molecule has 0 N–H and O–H groups in total. The van der Waals surface area contributed by atoms with E-state index in [-0.39, 0.29) is 24.4 Å². The smallest absolute Gasteiger partial charge is 0.476 e. The highest BCUT2D eigenvalue weighted by molar-refractivity contribution is 6.54. The fourth-order valence-corrected chi connectivity index (χ4v) is 3.17. The van der Waals surface area contributed by atoms with Crippen LogP contribution in [0.3, 0.4) is 0 Å². The normalized spacial score (nSPS) is 25.3. The number of rotatable bonds is 5. The molecular formula is C18H30BN3O3. The molecule has 0 saturated carbocycles. The van der Waals surface area contributed by atoms with Gasteiger partial charge in [0.2, 0.25) is 5.88 Å². The molecule has 1 aliphatic heterocycles. The van der Waals surface area contributed by atoms with Gasteiger partial charge in [0.1, 0.15) is 6.20 Å². The fraction of sp³-hybridized carbons (Fsp3) is 0.778. The van der Waals surface area contributed by atoms with E-state index in [0.717, 1.165) is 25.1 Å². The Morgan fingerprint density at radius 1 is 1.28 bits per heavy atom. The van der Waals surface area contributed by atoms with Gasteiger partial charge >= 0.3 is 7.12 Å². The van der Waals surface area contributed by atoms with Crippen molar-refractivity contribution in [1.82, 2.24) is 15.0 Å². The van der Waals surface area contributed by atoms with Gasteiger partial charge in [0, 0.05) is 0 Å². The van der Waals surface area contributed by atoms with Crippen molar-refractivity contribution >= 4 is 7.12 Å². The van der Waals surface area contributed by atoms with Crippen LogP contribution in [0.4, 0.5) is 0 Å². The Morgan fingerprint density at radius 2 is 1.96 bits per heavy atom. The lowest BCUT2D eigenvalue weighted by Gasteiger charge is -2.32. The Kier molecular flexibility index (Phi) is 4.99. The minimum Gasteiger partial charge on any atom is -0.476 e. The van der Waals surface area contributed by atoms with Crippen molar-refractivity contribution in [1.29, 1.82) is 0 Å². The van der Waals surface area contributed by atoms with Crippen LogP contribution in [0.1, 0.15) is 66.8 Å². The number of nitrogens with zero attached hydrogens (tertiary/aromatic N) is 3. The van der Waals surface area contributed by atoms with Crippen molar-refractivity contribution in [2.75, 3.05) is 6.61 Å². The molecule has 0 spiro atoms. The van der Waals surface area contributed by atoms with Crippen molar-refractivity contribution in [2.45, 2.75) is 78.0 Å². The van der Waals surface area contributed by atoms with E-state index in [1.807, 2.05) is 4.68 Å². The van der Waals surface area contributed by atoms with Gasteiger partial charge in [-0.3, -0.25) is 0 Å². The van der Waals surface area contributed by atoms with Gasteiger partial charge in [-0.15, -0.1) is 5.10 Å². The molecular weight excluding hydrogens is 317 g/mol. The molecule has 2 heterocycles. The Balaban J connectivity index is 1.54. The van der Waals surface area contributed by atoms with Crippen LogP contribution in [-0.2, 0) is 9.31 Å². The van der Waals surface area contributed by atoms with E-state index in [1.54, 1.807) is 6.20 Å². The van der Waals surface area contributed by atoms with Crippen LogP contribution in [0.2, 0.25) is 0 Å². The molecule has 3 rings (SSSR count). The second kappa shape index (κ2) is 6.76. The summed E-state index contributed by atoms with van der Waals surface area (Å²) in [5.74, 6) is 1.25. The lowest BCUT2D eigenvalue weighted by atomic mass is 9.71. The number of hydrogen-bond acceptors (Lipinski definition) is 5. The van der Waals surface area contributed by atoms with Gasteiger partial charge in [0.25, 0.3) is 0 Å². The summed E-state index contributed by atoms with van der Waals surface area (Å²) in [6.07, 6.45) is 7.03. The number of aromatic nitrogens is 3. The highest BCUT2D eigenvalue weighted by Gasteiger charge is 2.52. The summed E-state index contributed by atoms with van der Waals surface area (Å²) < 4.78 is 20.1. The molecule has 0 radical (unpaired) electrons. The highest BCUT2D eigenvalue weighted by atomic mass is 16.7. The predicted molar refractivity (Wildman–Crippen MR) is 97.4 cm³/mol. The van der Waals surface area contributed by atoms with Crippen molar-refractivity contribution in [3.63, 3.8) is 0 Å². The lowest BCUT2D eigenvalue weighted by Crippen LogP contribution is -2.41. The van der Waals surface area contributed by atoms with Crippen LogP contribution in [0.25, 0.3) is 0 Å². The van der Waals surface area contributed by atoms with Crippen LogP contribution in [0.15, 0.2) is 17.7 Å². The summed E-state index contributed by atoms with van der Waals surface area (Å²) >= 11 is 0. The zero-order chi connectivity index (χ0) is 18.2. The zero-order valence-electron chi connectivity index (χ0n) is 16.3. The SMILES string of the molecule is CC(C)n1nncc1OCC1CC=C(B2OC(C)(C)C(C)(C)O2)CC1. The maximum Gasteiger partial charge on any atom is 0.490 e. The van der Waals surface area contributed by atoms with Gasteiger partial charge in [0.15, 0.2) is 0 Å². The molecule has 7 heteroatoms. The highest BCUT2D eigenvalue weighted by Crippen LogP contribution is 2.40. The van der Waals surface area contributed by atoms with E-state index in [2.05, 4.69) is 57.9 Å². The van der Waals surface area contributed by atoms with Gasteiger partial charge in [-0.1, -0.05) is 11.3 Å². The van der Waals surface area contributed by atoms with E-state index in [1.165, 1.54) is 5.47 Å². The second-order valence-electron chi connectivity index (χ2n) is 8.43. The molecule has 1 aliphatic carbocycles. The van der Waals surface area contributed by atoms with Gasteiger partial charge in [-0.05, 0) is 72.2 Å². The first-order chi connectivity index (χ1) is 11.7. The average Bonchev–Trinajstić information content (AvgIpc) is 3.08. The van der Waals surface area contributed by atoms with E-state index < -0.39 is 0 Å². The van der Waals surface area contributed by atoms with Gasteiger partial charge in [-0.25, -0.2) is 4.68 Å². The Hall–Kier alpha value is -1.34. The van der Waals surface area contributed by atoms with Gasteiger partial charge in [-0.2, -0.15) is 0 Å². The van der Waals surface area contributed by atoms with Crippen molar-refractivity contribution in [2.24, 2.45) is 5.92 Å². The van der Waals surface area contributed by atoms with E-state index >= 15 is 0 Å². The maximum absolute atomic E-state index is 6.16. The first-order valence-electron chi connectivity index (χ1n) is 9.27. The molecule has 0 aromatic carbocycles. The summed E-state index contributed by atoms with van der Waals surface area (Å²) in [6.45, 7) is 13.2. The second-order valence-corrected chi connectivity index (χ2v) is 8.43. The third-order valence-electron chi connectivity index (χ3n) is 5.61. The molecule has 0 bridgehead atoms. The van der Waals surface area contributed by atoms with Crippen LogP contribution in [-0.4, -0.2) is 39.9 Å². The zero-order valence-corrected chi connectivity index (χ0v) is 16.3. The van der Waals surface area contributed by atoms with Crippen LogP contribution in [0, 0.1) is 5.92 Å². The Labute approximate surface area is 151 Å². The molecule has 138 valence electrons. The average molecular weight is 347 g/mol. The summed E-state index contributed by atoms with van der Waals surface area (Å²) in [4.78, 5) is 0. The van der Waals surface area contributed by atoms with Gasteiger partial charge < -0.3 is 14.0 Å². The minimum absolute atomic E-state index is 0.210. The van der Waals surface area contributed by atoms with E-state index in [0.29, 0.717) is 12.5 Å². The Bertz CT molecular complexity index is 623. The van der Waals surface area contributed by atoms with Crippen molar-refractivity contribution in [3.8, 4) is 5.88 Å². The van der Waals surface area contributed by atoms with Crippen LogP contribution in [0.5, 0.6) is 5.88 Å². The van der Waals surface area contributed by atoms with E-state index in [9.17, 15) is 0 Å². The van der Waals surface area contributed by atoms with Crippen LogP contribution >= 0.6 is 0 Å². The predicted octanol–water partition coefficient (Wildman–Crippen LogP) is 3.60. The largest absolute Gasteiger partial charge is 0.490 e. The third kappa shape index (κ3) is 3.77. The first kappa shape index (κ1) is 18.5. The molecule has 1 saturated heterocycles. The number of allylic oxidation sites excluding steroid dienone is 2. The summed E-state index contributed by atoms with van der Waals surface area (Å²) in [7, 11) is -0.210. The topological polar surface area (TPSA) is 58.4 Å². The maximum atomic E-state index is 6.16. The van der Waals surface area contributed by atoms with Crippen molar-refractivity contribution < 1.29 is 14.0 Å². The molecule has 1 aromatic heterocycles. The first-order valence-corrected chi connectivity index (χ1v) is 9.27. The third-order valence-corrected chi connectivity index (χ3v) is 5.61. The molecule has 25 heavy (non-hydrogen) atoms. The molecule has 1 aromatic rings. The minimum atomic E-state index is -0.277. The standard InChI is InChI=1S/C18H30BN3O3/c1-13(2)22-16(11-20-21-22)23-12-14-7-9-15(10-8-14)19-24-17(3,4)18(5,6)25-19/h9,11,13-14H,7-8,10,12H2,1-6H3. The Morgan fingerprint density at radius 3 is 2.52 bits per heavy atom. The van der Waals surface area contributed by atoms with Crippen LogP contribution < -0.4 is 4.74 Å². The van der Waals surface area contributed by atoms with Gasteiger partial charge in [0.05, 0.1) is 23.9 Å². The molecule has 0 amide bonds. The summed E-state index contributed by atoms with van der Waals surface area (Å²) in [5, 5.41) is 8.01. The summed E-state index contributed by atoms with van der Waals surface area (Å²) in [5.41, 5.74) is 0.713. The monoisotopic (exact) mass is 347 g/mol. The summed E-state index contributed by atoms with van der Waals surface area (Å²) in [6, 6.07) is 0.249. The molecule has 6 nitrogen and oxygen atoms in total. The van der Waals surface area contributed by atoms with E-state index in [4.69, 9.17) is 14.0 Å². The lowest BCUT2D eigenvalue weighted by molar-refractivity contribution is 0.00578. The quantitative estimate of drug-likeness (QED) is 0.762. The van der Waals surface area contributed by atoms with Crippen molar-refractivity contribution in [3.05, 3.63) is 17.7 Å². The number of ether oxygens (including phenoxy) is 1.